The summed E-state index contributed by atoms with van der Waals surface area (Å²) in [6, 6.07) is 0. The van der Waals surface area contributed by atoms with Gasteiger partial charge in [-0.2, -0.15) is 0 Å². The van der Waals surface area contributed by atoms with Gasteiger partial charge in [0.2, 0.25) is 0 Å². The van der Waals surface area contributed by atoms with Crippen LogP contribution in [0.15, 0.2) is 6.20 Å². The van der Waals surface area contributed by atoms with Crippen molar-refractivity contribution >= 4 is 19.0 Å². The van der Waals surface area contributed by atoms with Gasteiger partial charge in [-0.05, 0) is 0 Å². The Kier molecular flexibility index (Phi) is 0.887. The third kappa shape index (κ3) is 0.556. The van der Waals surface area contributed by atoms with Crippen LogP contribution in [0, 0.1) is 0 Å². The highest BCUT2D eigenvalue weighted by molar-refractivity contribution is 5.33. The van der Waals surface area contributed by atoms with Crippen LogP contribution in [-0.4, -0.2) is 14.8 Å². The maximum atomic E-state index is 3.84. The molecule has 0 amide bonds. The van der Waals surface area contributed by atoms with Crippen LogP contribution in [0.25, 0.3) is 19.0 Å². The van der Waals surface area contributed by atoms with E-state index < -0.39 is 0 Å². The molecule has 10 heavy (non-hydrogen) atoms. The molecule has 0 atom stereocenters. The van der Waals surface area contributed by atoms with Crippen molar-refractivity contribution in [3.8, 4) is 0 Å². The predicted molar refractivity (Wildman–Crippen MR) is 37.7 cm³/mol. The Labute approximate surface area is 57.2 Å². The van der Waals surface area contributed by atoms with E-state index in [0.29, 0.717) is 5.48 Å². The minimum Gasteiger partial charge on any atom is -0.363 e. The standard InChI is InChI=1S/C6H6N4/c1-5-8-9-6-4-7-2-3-10(5)6/h2-4,7H,1H2. The molecule has 1 aliphatic rings. The Bertz CT molecular complexity index is 373. The van der Waals surface area contributed by atoms with Crippen LogP contribution < -0.4 is 16.3 Å². The van der Waals surface area contributed by atoms with E-state index >= 15 is 0 Å². The molecule has 4 heteroatoms. The van der Waals surface area contributed by atoms with E-state index in [1.807, 2.05) is 6.20 Å². The van der Waals surface area contributed by atoms with Crippen molar-refractivity contribution in [2.24, 2.45) is 0 Å². The van der Waals surface area contributed by atoms with Crippen molar-refractivity contribution in [1.82, 2.24) is 20.1 Å². The topological polar surface area (TPSA) is 42.7 Å². The smallest absolute Gasteiger partial charge is 0.177 e. The Hall–Kier alpha value is -1.58. The lowest BCUT2D eigenvalue weighted by atomic mass is 10.6. The van der Waals surface area contributed by atoms with Gasteiger partial charge in [0.05, 0.1) is 0 Å². The van der Waals surface area contributed by atoms with Crippen molar-refractivity contribution in [2.45, 2.75) is 0 Å². The van der Waals surface area contributed by atoms with Gasteiger partial charge in [0.1, 0.15) is 0 Å². The van der Waals surface area contributed by atoms with Gasteiger partial charge in [-0.15, -0.1) is 10.2 Å². The first kappa shape index (κ1) is 5.22. The molecule has 0 aliphatic carbocycles. The van der Waals surface area contributed by atoms with Gasteiger partial charge in [0.15, 0.2) is 11.0 Å². The van der Waals surface area contributed by atoms with Crippen LogP contribution in [0.1, 0.15) is 0 Å². The zero-order valence-corrected chi connectivity index (χ0v) is 5.28. The molecule has 1 aromatic rings. The van der Waals surface area contributed by atoms with Gasteiger partial charge >= 0.3 is 0 Å². The summed E-state index contributed by atoms with van der Waals surface area (Å²) < 4.78 is 1.80. The van der Waals surface area contributed by atoms with Crippen LogP contribution in [0.3, 0.4) is 0 Å². The molecule has 0 fully saturated rings. The third-order valence-electron chi connectivity index (χ3n) is 1.33. The monoisotopic (exact) mass is 134 g/mol. The normalized spacial score (nSPS) is 13.6. The number of aromatic nitrogens is 3. The number of fused-ring (bicyclic) bond motifs is 1. The fourth-order valence-corrected chi connectivity index (χ4v) is 0.839. The van der Waals surface area contributed by atoms with Crippen LogP contribution in [0.5, 0.6) is 0 Å². The molecule has 1 aliphatic heterocycles. The Morgan fingerprint density at radius 2 is 2.40 bits per heavy atom. The first-order chi connectivity index (χ1) is 4.88. The highest BCUT2D eigenvalue weighted by atomic mass is 15.3. The molecule has 1 aromatic heterocycles. The fraction of sp³-hybridized carbons (Fsp3) is 0. The molecule has 0 bridgehead atoms. The van der Waals surface area contributed by atoms with E-state index in [0.717, 1.165) is 5.48 Å². The zero-order valence-electron chi connectivity index (χ0n) is 5.28. The SMILES string of the molecule is C=c1nnc2n1C=CNC=2. The summed E-state index contributed by atoms with van der Waals surface area (Å²) in [5.74, 6) is 0. The average molecular weight is 134 g/mol. The summed E-state index contributed by atoms with van der Waals surface area (Å²) in [5.41, 5.74) is 1.44. The third-order valence-corrected chi connectivity index (χ3v) is 1.33. The maximum absolute atomic E-state index is 3.84. The minimum absolute atomic E-state index is 0.656. The summed E-state index contributed by atoms with van der Waals surface area (Å²) >= 11 is 0. The largest absolute Gasteiger partial charge is 0.363 e. The molecule has 0 saturated heterocycles. The second-order valence-corrected chi connectivity index (χ2v) is 1.97. The second kappa shape index (κ2) is 1.70. The number of hydrogen-bond acceptors (Lipinski definition) is 3. The van der Waals surface area contributed by atoms with E-state index in [9.17, 15) is 0 Å². The lowest BCUT2D eigenvalue weighted by Crippen LogP contribution is -2.27. The maximum Gasteiger partial charge on any atom is 0.177 e. The summed E-state index contributed by atoms with van der Waals surface area (Å²) in [6.07, 6.45) is 5.39. The molecule has 2 heterocycles. The molecular formula is C6H6N4. The van der Waals surface area contributed by atoms with Crippen molar-refractivity contribution in [1.29, 1.82) is 0 Å². The van der Waals surface area contributed by atoms with Gasteiger partial charge in [-0.1, -0.05) is 6.58 Å². The first-order valence-electron chi connectivity index (χ1n) is 2.91. The second-order valence-electron chi connectivity index (χ2n) is 1.97. The lowest BCUT2D eigenvalue weighted by molar-refractivity contribution is 0.987. The average Bonchev–Trinajstić information content (AvgIpc) is 2.34. The molecule has 2 rings (SSSR count). The fourth-order valence-electron chi connectivity index (χ4n) is 0.839. The summed E-state index contributed by atoms with van der Waals surface area (Å²) in [4.78, 5) is 0. The number of rotatable bonds is 0. The van der Waals surface area contributed by atoms with Crippen LogP contribution in [-0.2, 0) is 0 Å². The highest BCUT2D eigenvalue weighted by Gasteiger charge is 1.95. The first-order valence-corrected chi connectivity index (χ1v) is 2.91. The predicted octanol–water partition coefficient (Wildman–Crippen LogP) is -1.54. The molecule has 4 nitrogen and oxygen atoms in total. The van der Waals surface area contributed by atoms with Crippen molar-refractivity contribution < 1.29 is 0 Å². The van der Waals surface area contributed by atoms with Crippen molar-refractivity contribution in [2.75, 3.05) is 0 Å². The Morgan fingerprint density at radius 3 is 3.20 bits per heavy atom. The molecule has 0 spiro atoms. The summed E-state index contributed by atoms with van der Waals surface area (Å²) in [6.45, 7) is 3.68. The number of nitrogens with one attached hydrogen (secondary N) is 1. The Balaban J connectivity index is 2.90. The summed E-state index contributed by atoms with van der Waals surface area (Å²) in [5, 5.41) is 10.5. The van der Waals surface area contributed by atoms with E-state index in [4.69, 9.17) is 0 Å². The van der Waals surface area contributed by atoms with Gasteiger partial charge < -0.3 is 5.32 Å². The molecule has 1 N–H and O–H groups in total. The van der Waals surface area contributed by atoms with Crippen molar-refractivity contribution in [3.05, 3.63) is 17.2 Å². The highest BCUT2D eigenvalue weighted by Crippen LogP contribution is 1.75. The lowest BCUT2D eigenvalue weighted by Gasteiger charge is -1.97. The van der Waals surface area contributed by atoms with Crippen molar-refractivity contribution in [3.63, 3.8) is 0 Å². The van der Waals surface area contributed by atoms with Crippen LogP contribution in [0.4, 0.5) is 0 Å². The van der Waals surface area contributed by atoms with Crippen LogP contribution in [0.2, 0.25) is 0 Å². The molecular weight excluding hydrogens is 128 g/mol. The zero-order chi connectivity index (χ0) is 6.97. The molecule has 0 radical (unpaired) electrons. The molecule has 0 unspecified atom stereocenters. The Morgan fingerprint density at radius 1 is 1.50 bits per heavy atom. The molecule has 50 valence electrons. The van der Waals surface area contributed by atoms with E-state index in [-0.39, 0.29) is 0 Å². The van der Waals surface area contributed by atoms with E-state index in [2.05, 4.69) is 22.1 Å². The quantitative estimate of drug-likeness (QED) is 0.467. The number of nitrogens with zero attached hydrogens (tertiary/aromatic N) is 3. The number of hydrogen-bond donors (Lipinski definition) is 1. The van der Waals surface area contributed by atoms with Gasteiger partial charge in [-0.25, -0.2) is 0 Å². The summed E-state index contributed by atoms with van der Waals surface area (Å²) in [7, 11) is 0. The van der Waals surface area contributed by atoms with Crippen LogP contribution >= 0.6 is 0 Å². The van der Waals surface area contributed by atoms with E-state index in [1.165, 1.54) is 0 Å². The van der Waals surface area contributed by atoms with E-state index in [1.54, 1.807) is 17.0 Å². The minimum atomic E-state index is 0.656. The molecule has 0 saturated carbocycles. The van der Waals surface area contributed by atoms with Gasteiger partial charge in [-0.3, -0.25) is 4.57 Å². The van der Waals surface area contributed by atoms with Gasteiger partial charge in [0, 0.05) is 18.6 Å². The van der Waals surface area contributed by atoms with Gasteiger partial charge in [0.25, 0.3) is 0 Å². The molecule has 0 aromatic carbocycles.